The summed E-state index contributed by atoms with van der Waals surface area (Å²) in [6.45, 7) is 1.38. The Hall–Kier alpha value is -1.16. The second-order valence-corrected chi connectivity index (χ2v) is 2.87. The first kappa shape index (κ1) is 7.94. The number of nitrogens with zero attached hydrogens (tertiary/aromatic N) is 1. The summed E-state index contributed by atoms with van der Waals surface area (Å²) >= 11 is 1.29. The maximum absolute atomic E-state index is 10.5. The van der Waals surface area contributed by atoms with E-state index in [1.165, 1.54) is 18.3 Å². The fourth-order valence-electron chi connectivity index (χ4n) is 0.604. The fraction of sp³-hybridized carbons (Fsp3) is 0.143. The van der Waals surface area contributed by atoms with Gasteiger partial charge in [0.05, 0.1) is 0 Å². The standard InChI is InChI=1S/C7H7NO2S/c1-5(9)4-6(10)7-8-2-3-11-7/h2-4,10H,1H3. The van der Waals surface area contributed by atoms with Gasteiger partial charge in [-0.25, -0.2) is 4.98 Å². The molecule has 0 amide bonds. The average Bonchev–Trinajstić information content (AvgIpc) is 2.35. The fourth-order valence-corrected chi connectivity index (χ4v) is 1.16. The van der Waals surface area contributed by atoms with Crippen molar-refractivity contribution in [2.45, 2.75) is 6.92 Å². The van der Waals surface area contributed by atoms with Gasteiger partial charge < -0.3 is 5.11 Å². The van der Waals surface area contributed by atoms with Crippen LogP contribution < -0.4 is 0 Å². The van der Waals surface area contributed by atoms with Gasteiger partial charge in [-0.3, -0.25) is 4.79 Å². The molecule has 3 nitrogen and oxygen atoms in total. The lowest BCUT2D eigenvalue weighted by Gasteiger charge is -1.89. The summed E-state index contributed by atoms with van der Waals surface area (Å²) in [7, 11) is 0. The summed E-state index contributed by atoms with van der Waals surface area (Å²) in [5.74, 6) is -0.245. The Balaban J connectivity index is 2.86. The molecule has 0 aliphatic carbocycles. The predicted molar refractivity (Wildman–Crippen MR) is 43.4 cm³/mol. The van der Waals surface area contributed by atoms with Crippen LogP contribution in [0.4, 0.5) is 0 Å². The zero-order chi connectivity index (χ0) is 8.27. The molecular formula is C7H7NO2S. The van der Waals surface area contributed by atoms with Crippen LogP contribution in [0.2, 0.25) is 0 Å². The number of rotatable bonds is 2. The molecule has 0 aliphatic rings. The molecule has 1 heterocycles. The highest BCUT2D eigenvalue weighted by molar-refractivity contribution is 7.10. The number of thiazole rings is 1. The second-order valence-electron chi connectivity index (χ2n) is 1.98. The van der Waals surface area contributed by atoms with E-state index in [1.807, 2.05) is 0 Å². The number of allylic oxidation sites excluding steroid dienone is 1. The molecule has 0 bridgehead atoms. The van der Waals surface area contributed by atoms with Crippen LogP contribution in [0, 0.1) is 0 Å². The first-order valence-corrected chi connectivity index (χ1v) is 3.89. The van der Waals surface area contributed by atoms with Gasteiger partial charge in [-0.15, -0.1) is 11.3 Å². The number of ketones is 1. The van der Waals surface area contributed by atoms with E-state index in [0.717, 1.165) is 6.08 Å². The maximum Gasteiger partial charge on any atom is 0.158 e. The van der Waals surface area contributed by atoms with Crippen LogP contribution in [0.3, 0.4) is 0 Å². The SMILES string of the molecule is CC(=O)C=C(O)c1nccs1. The molecule has 0 unspecified atom stereocenters. The molecule has 1 rings (SSSR count). The van der Waals surface area contributed by atoms with Gasteiger partial charge in [0.2, 0.25) is 0 Å². The molecule has 4 heteroatoms. The zero-order valence-electron chi connectivity index (χ0n) is 5.94. The van der Waals surface area contributed by atoms with Crippen molar-refractivity contribution >= 4 is 22.9 Å². The van der Waals surface area contributed by atoms with Crippen LogP contribution >= 0.6 is 11.3 Å². The molecule has 58 valence electrons. The molecule has 0 aliphatic heterocycles. The number of aromatic nitrogens is 1. The largest absolute Gasteiger partial charge is 0.505 e. The molecule has 1 aromatic rings. The Kier molecular flexibility index (Phi) is 2.38. The van der Waals surface area contributed by atoms with E-state index in [4.69, 9.17) is 5.11 Å². The summed E-state index contributed by atoms with van der Waals surface area (Å²) in [4.78, 5) is 14.3. The van der Waals surface area contributed by atoms with Gasteiger partial charge in [-0.05, 0) is 6.92 Å². The molecule has 11 heavy (non-hydrogen) atoms. The molecule has 0 atom stereocenters. The molecular weight excluding hydrogens is 162 g/mol. The van der Waals surface area contributed by atoms with Crippen LogP contribution in [0.5, 0.6) is 0 Å². The minimum absolute atomic E-state index is 0.0625. The minimum Gasteiger partial charge on any atom is -0.505 e. The lowest BCUT2D eigenvalue weighted by atomic mass is 10.3. The summed E-state index contributed by atoms with van der Waals surface area (Å²) in [5.41, 5.74) is 0. The van der Waals surface area contributed by atoms with Gasteiger partial charge in [0.1, 0.15) is 0 Å². The minimum atomic E-state index is -0.183. The van der Waals surface area contributed by atoms with E-state index in [1.54, 1.807) is 11.6 Å². The van der Waals surface area contributed by atoms with Crippen LogP contribution in [0.1, 0.15) is 11.9 Å². The van der Waals surface area contributed by atoms with Gasteiger partial charge in [0.15, 0.2) is 16.6 Å². The maximum atomic E-state index is 10.5. The Morgan fingerprint density at radius 2 is 2.55 bits per heavy atom. The van der Waals surface area contributed by atoms with Crippen molar-refractivity contribution in [3.05, 3.63) is 22.7 Å². The van der Waals surface area contributed by atoms with Crippen molar-refractivity contribution in [3.63, 3.8) is 0 Å². The van der Waals surface area contributed by atoms with Crippen LogP contribution in [-0.4, -0.2) is 15.9 Å². The number of carbonyl (C=O) groups is 1. The number of hydrogen-bond donors (Lipinski definition) is 1. The quantitative estimate of drug-likeness (QED) is 0.540. The van der Waals surface area contributed by atoms with Crippen molar-refractivity contribution in [1.82, 2.24) is 4.98 Å². The van der Waals surface area contributed by atoms with Gasteiger partial charge in [0.25, 0.3) is 0 Å². The first-order chi connectivity index (χ1) is 5.20. The van der Waals surface area contributed by atoms with E-state index >= 15 is 0 Å². The lowest BCUT2D eigenvalue weighted by Crippen LogP contribution is -1.86. The van der Waals surface area contributed by atoms with Crippen molar-refractivity contribution in [2.75, 3.05) is 0 Å². The smallest absolute Gasteiger partial charge is 0.158 e. The molecule has 0 aromatic carbocycles. The number of aliphatic hydroxyl groups is 1. The molecule has 0 saturated heterocycles. The van der Waals surface area contributed by atoms with Crippen molar-refractivity contribution in [1.29, 1.82) is 0 Å². The van der Waals surface area contributed by atoms with Gasteiger partial charge in [-0.2, -0.15) is 0 Å². The Bertz CT molecular complexity index is 277. The predicted octanol–water partition coefficient (Wildman–Crippen LogP) is 1.63. The van der Waals surface area contributed by atoms with Crippen molar-refractivity contribution < 1.29 is 9.90 Å². The highest BCUT2D eigenvalue weighted by Gasteiger charge is 2.01. The van der Waals surface area contributed by atoms with Gasteiger partial charge in [0, 0.05) is 17.7 Å². The summed E-state index contributed by atoms with van der Waals surface area (Å²) in [6, 6.07) is 0. The molecule has 1 aromatic heterocycles. The molecule has 0 spiro atoms. The lowest BCUT2D eigenvalue weighted by molar-refractivity contribution is -0.112. The number of carbonyl (C=O) groups excluding carboxylic acids is 1. The van der Waals surface area contributed by atoms with E-state index in [9.17, 15) is 4.79 Å². The normalized spacial score (nSPS) is 11.5. The molecule has 0 saturated carbocycles. The Morgan fingerprint density at radius 1 is 1.82 bits per heavy atom. The highest BCUT2D eigenvalue weighted by Crippen LogP contribution is 2.13. The third kappa shape index (κ3) is 2.16. The highest BCUT2D eigenvalue weighted by atomic mass is 32.1. The third-order valence-electron chi connectivity index (χ3n) is 0.991. The Morgan fingerprint density at radius 3 is 3.00 bits per heavy atom. The van der Waals surface area contributed by atoms with Gasteiger partial charge in [-0.1, -0.05) is 0 Å². The summed E-state index contributed by atoms with van der Waals surface area (Å²) < 4.78 is 0. The molecule has 0 fully saturated rings. The number of hydrogen-bond acceptors (Lipinski definition) is 4. The van der Waals surface area contributed by atoms with E-state index in [-0.39, 0.29) is 11.5 Å². The third-order valence-corrected chi connectivity index (χ3v) is 1.79. The monoisotopic (exact) mass is 169 g/mol. The van der Waals surface area contributed by atoms with Crippen molar-refractivity contribution in [3.8, 4) is 0 Å². The summed E-state index contributed by atoms with van der Waals surface area (Å²) in [5, 5.41) is 11.4. The second kappa shape index (κ2) is 3.30. The average molecular weight is 169 g/mol. The first-order valence-electron chi connectivity index (χ1n) is 3.01. The molecule has 0 radical (unpaired) electrons. The van der Waals surface area contributed by atoms with Crippen molar-refractivity contribution in [2.24, 2.45) is 0 Å². The molecule has 1 N–H and O–H groups in total. The van der Waals surface area contributed by atoms with E-state index in [2.05, 4.69) is 4.98 Å². The van der Waals surface area contributed by atoms with Gasteiger partial charge >= 0.3 is 0 Å². The van der Waals surface area contributed by atoms with Crippen LogP contribution in [0.25, 0.3) is 5.76 Å². The van der Waals surface area contributed by atoms with E-state index in [0.29, 0.717) is 5.01 Å². The summed E-state index contributed by atoms with van der Waals surface area (Å²) in [6.07, 6.45) is 2.73. The van der Waals surface area contributed by atoms with Crippen LogP contribution in [0.15, 0.2) is 17.7 Å². The number of aliphatic hydroxyl groups excluding tert-OH is 1. The Labute approximate surface area is 68.0 Å². The zero-order valence-corrected chi connectivity index (χ0v) is 6.76. The van der Waals surface area contributed by atoms with Crippen LogP contribution in [-0.2, 0) is 4.79 Å². The topological polar surface area (TPSA) is 50.2 Å². The van der Waals surface area contributed by atoms with E-state index < -0.39 is 0 Å².